The first-order chi connectivity index (χ1) is 13.1. The van der Waals surface area contributed by atoms with Gasteiger partial charge in [-0.05, 0) is 49.8 Å². The van der Waals surface area contributed by atoms with Gasteiger partial charge in [-0.3, -0.25) is 14.6 Å². The minimum Gasteiger partial charge on any atom is -0.352 e. The van der Waals surface area contributed by atoms with Crippen molar-refractivity contribution in [1.82, 2.24) is 15.6 Å². The third-order valence-electron chi connectivity index (χ3n) is 5.21. The molecule has 1 fully saturated rings. The zero-order valence-corrected chi connectivity index (χ0v) is 15.8. The van der Waals surface area contributed by atoms with Gasteiger partial charge in [0.05, 0.1) is 0 Å². The Morgan fingerprint density at radius 3 is 2.07 bits per heavy atom. The van der Waals surface area contributed by atoms with Gasteiger partial charge in [0.15, 0.2) is 0 Å². The molecule has 1 aromatic heterocycles. The second kappa shape index (κ2) is 9.31. The number of aromatic nitrogens is 1. The third kappa shape index (κ3) is 5.64. The van der Waals surface area contributed by atoms with Crippen molar-refractivity contribution in [2.24, 2.45) is 11.8 Å². The maximum atomic E-state index is 12.4. The summed E-state index contributed by atoms with van der Waals surface area (Å²) in [5.74, 6) is 0.197. The van der Waals surface area contributed by atoms with Crippen LogP contribution < -0.4 is 10.6 Å². The number of amides is 2. The van der Waals surface area contributed by atoms with Crippen molar-refractivity contribution < 1.29 is 9.59 Å². The minimum absolute atomic E-state index is 0.00231. The van der Waals surface area contributed by atoms with E-state index in [1.54, 1.807) is 12.4 Å². The van der Waals surface area contributed by atoms with Gasteiger partial charge in [-0.1, -0.05) is 35.9 Å². The summed E-state index contributed by atoms with van der Waals surface area (Å²) in [7, 11) is 0. The fourth-order valence-electron chi connectivity index (χ4n) is 3.61. The number of carbonyl (C=O) groups excluding carboxylic acids is 2. The summed E-state index contributed by atoms with van der Waals surface area (Å²) in [5, 5.41) is 6.03. The molecule has 2 aromatic rings. The number of aryl methyl sites for hydroxylation is 1. The van der Waals surface area contributed by atoms with Gasteiger partial charge in [0.25, 0.3) is 0 Å². The van der Waals surface area contributed by atoms with Gasteiger partial charge < -0.3 is 10.6 Å². The molecular weight excluding hydrogens is 338 g/mol. The van der Waals surface area contributed by atoms with Crippen LogP contribution in [0.1, 0.15) is 42.4 Å². The summed E-state index contributed by atoms with van der Waals surface area (Å²) in [6.07, 6.45) is 6.55. The molecule has 27 heavy (non-hydrogen) atoms. The molecule has 0 bridgehead atoms. The largest absolute Gasteiger partial charge is 0.352 e. The fourth-order valence-corrected chi connectivity index (χ4v) is 3.61. The Balaban J connectivity index is 1.40. The normalized spacial score (nSPS) is 19.3. The molecule has 1 heterocycles. The monoisotopic (exact) mass is 365 g/mol. The van der Waals surface area contributed by atoms with Gasteiger partial charge >= 0.3 is 0 Å². The first-order valence-corrected chi connectivity index (χ1v) is 9.61. The van der Waals surface area contributed by atoms with E-state index in [2.05, 4.69) is 21.7 Å². The van der Waals surface area contributed by atoms with E-state index in [1.807, 2.05) is 37.3 Å². The van der Waals surface area contributed by atoms with Crippen molar-refractivity contribution in [2.75, 3.05) is 0 Å². The van der Waals surface area contributed by atoms with Crippen LogP contribution in [0, 0.1) is 18.8 Å². The van der Waals surface area contributed by atoms with Crippen LogP contribution in [0.15, 0.2) is 48.8 Å². The molecule has 1 aliphatic carbocycles. The van der Waals surface area contributed by atoms with Gasteiger partial charge in [-0.2, -0.15) is 0 Å². The Kier molecular flexibility index (Phi) is 6.58. The maximum absolute atomic E-state index is 12.4. The van der Waals surface area contributed by atoms with E-state index in [4.69, 9.17) is 0 Å². The highest BCUT2D eigenvalue weighted by Crippen LogP contribution is 2.29. The zero-order valence-electron chi connectivity index (χ0n) is 15.8. The molecule has 3 rings (SSSR count). The molecule has 0 radical (unpaired) electrons. The molecule has 2 N–H and O–H groups in total. The number of rotatable bonds is 6. The Morgan fingerprint density at radius 2 is 1.52 bits per heavy atom. The predicted octanol–water partition coefficient (Wildman–Crippen LogP) is 3.13. The summed E-state index contributed by atoms with van der Waals surface area (Å²) in [4.78, 5) is 28.8. The van der Waals surface area contributed by atoms with Crippen LogP contribution in [0.5, 0.6) is 0 Å². The molecule has 0 saturated heterocycles. The number of hydrogen-bond acceptors (Lipinski definition) is 3. The second-order valence-corrected chi connectivity index (χ2v) is 7.33. The number of benzene rings is 1. The van der Waals surface area contributed by atoms with Crippen LogP contribution in [0.4, 0.5) is 0 Å². The van der Waals surface area contributed by atoms with Crippen LogP contribution in [0.25, 0.3) is 0 Å². The van der Waals surface area contributed by atoms with Crippen LogP contribution in [0.3, 0.4) is 0 Å². The van der Waals surface area contributed by atoms with E-state index in [1.165, 1.54) is 5.56 Å². The number of hydrogen-bond donors (Lipinski definition) is 2. The number of carbonyl (C=O) groups is 2. The highest BCUT2D eigenvalue weighted by atomic mass is 16.2. The molecule has 142 valence electrons. The van der Waals surface area contributed by atoms with E-state index in [-0.39, 0.29) is 23.7 Å². The lowest BCUT2D eigenvalue weighted by Gasteiger charge is -2.27. The zero-order chi connectivity index (χ0) is 19.1. The Labute approximate surface area is 160 Å². The van der Waals surface area contributed by atoms with Crippen LogP contribution >= 0.6 is 0 Å². The van der Waals surface area contributed by atoms with Crippen molar-refractivity contribution in [3.05, 3.63) is 65.5 Å². The SMILES string of the molecule is Cc1cccc(CNC(=O)C2CCC(C(=O)NCc3cccnc3)CC2)c1. The Hall–Kier alpha value is -2.69. The van der Waals surface area contributed by atoms with Gasteiger partial charge in [0.1, 0.15) is 0 Å². The molecule has 1 saturated carbocycles. The molecular formula is C22H27N3O2. The van der Waals surface area contributed by atoms with E-state index in [9.17, 15) is 9.59 Å². The summed E-state index contributed by atoms with van der Waals surface area (Å²) in [5.41, 5.74) is 3.31. The van der Waals surface area contributed by atoms with Crippen molar-refractivity contribution in [1.29, 1.82) is 0 Å². The smallest absolute Gasteiger partial charge is 0.223 e. The number of pyridine rings is 1. The topological polar surface area (TPSA) is 71.1 Å². The molecule has 0 spiro atoms. The van der Waals surface area contributed by atoms with Gasteiger partial charge in [-0.25, -0.2) is 0 Å². The van der Waals surface area contributed by atoms with E-state index < -0.39 is 0 Å². The highest BCUT2D eigenvalue weighted by Gasteiger charge is 2.29. The quantitative estimate of drug-likeness (QED) is 0.826. The van der Waals surface area contributed by atoms with Gasteiger partial charge in [0.2, 0.25) is 11.8 Å². The van der Waals surface area contributed by atoms with E-state index >= 15 is 0 Å². The Bertz CT molecular complexity index is 768. The second-order valence-electron chi connectivity index (χ2n) is 7.33. The van der Waals surface area contributed by atoms with Crippen LogP contribution in [-0.2, 0) is 22.7 Å². The summed E-state index contributed by atoms with van der Waals surface area (Å²) in [6, 6.07) is 12.0. The van der Waals surface area contributed by atoms with Crippen LogP contribution in [-0.4, -0.2) is 16.8 Å². The predicted molar refractivity (Wildman–Crippen MR) is 105 cm³/mol. The van der Waals surface area contributed by atoms with Crippen molar-refractivity contribution in [3.8, 4) is 0 Å². The summed E-state index contributed by atoms with van der Waals surface area (Å²) >= 11 is 0. The van der Waals surface area contributed by atoms with Gasteiger partial charge in [0, 0.05) is 37.3 Å². The first kappa shape index (κ1) is 19.1. The fraction of sp³-hybridized carbons (Fsp3) is 0.409. The molecule has 0 unspecified atom stereocenters. The van der Waals surface area contributed by atoms with Crippen LogP contribution in [0.2, 0.25) is 0 Å². The first-order valence-electron chi connectivity index (χ1n) is 9.61. The van der Waals surface area contributed by atoms with E-state index in [0.29, 0.717) is 13.1 Å². The molecule has 5 nitrogen and oxygen atoms in total. The summed E-state index contributed by atoms with van der Waals surface area (Å²) in [6.45, 7) is 3.11. The highest BCUT2D eigenvalue weighted by molar-refractivity contribution is 5.81. The lowest BCUT2D eigenvalue weighted by molar-refractivity contribution is -0.130. The molecule has 0 aliphatic heterocycles. The van der Waals surface area contributed by atoms with Crippen molar-refractivity contribution >= 4 is 11.8 Å². The minimum atomic E-state index is 0.00231. The lowest BCUT2D eigenvalue weighted by atomic mass is 9.81. The third-order valence-corrected chi connectivity index (χ3v) is 5.21. The van der Waals surface area contributed by atoms with E-state index in [0.717, 1.165) is 36.8 Å². The number of nitrogens with zero attached hydrogens (tertiary/aromatic N) is 1. The average Bonchev–Trinajstić information content (AvgIpc) is 2.71. The average molecular weight is 365 g/mol. The van der Waals surface area contributed by atoms with Crippen molar-refractivity contribution in [2.45, 2.75) is 45.7 Å². The molecule has 1 aliphatic rings. The molecule has 1 aromatic carbocycles. The van der Waals surface area contributed by atoms with Gasteiger partial charge in [-0.15, -0.1) is 0 Å². The number of nitrogens with one attached hydrogen (secondary N) is 2. The lowest BCUT2D eigenvalue weighted by Crippen LogP contribution is -2.37. The summed E-state index contributed by atoms with van der Waals surface area (Å²) < 4.78 is 0. The standard InChI is InChI=1S/C22H27N3O2/c1-16-4-2-5-17(12-16)14-24-21(26)19-7-9-20(10-8-19)22(27)25-15-18-6-3-11-23-13-18/h2-6,11-13,19-20H,7-10,14-15H2,1H3,(H,24,26)(H,25,27). The van der Waals surface area contributed by atoms with Crippen molar-refractivity contribution in [3.63, 3.8) is 0 Å². The molecule has 0 atom stereocenters. The molecule has 2 amide bonds. The molecule has 5 heteroatoms. The maximum Gasteiger partial charge on any atom is 0.223 e. The Morgan fingerprint density at radius 1 is 0.926 bits per heavy atom.